The van der Waals surface area contributed by atoms with Gasteiger partial charge in [0.25, 0.3) is 5.69 Å². The molecule has 3 rings (SSSR count). The van der Waals surface area contributed by atoms with E-state index in [2.05, 4.69) is 13.0 Å². The summed E-state index contributed by atoms with van der Waals surface area (Å²) in [7, 11) is 0. The van der Waals surface area contributed by atoms with Crippen molar-refractivity contribution in [3.63, 3.8) is 0 Å². The molecule has 1 heterocycles. The molecule has 1 unspecified atom stereocenters. The van der Waals surface area contributed by atoms with E-state index in [1.54, 1.807) is 12.1 Å². The van der Waals surface area contributed by atoms with Gasteiger partial charge in [-0.1, -0.05) is 24.3 Å². The predicted molar refractivity (Wildman–Crippen MR) is 84.4 cm³/mol. The predicted octanol–water partition coefficient (Wildman–Crippen LogP) is 4.42. The Labute approximate surface area is 128 Å². The van der Waals surface area contributed by atoms with Gasteiger partial charge in [0.2, 0.25) is 0 Å². The van der Waals surface area contributed by atoms with Crippen LogP contribution in [0.25, 0.3) is 0 Å². The minimum Gasteiger partial charge on any atom is -0.332 e. The van der Waals surface area contributed by atoms with E-state index in [1.165, 1.54) is 5.56 Å². The first-order valence-corrected chi connectivity index (χ1v) is 7.35. The van der Waals surface area contributed by atoms with Crippen LogP contribution in [0.1, 0.15) is 18.1 Å². The minimum absolute atomic E-state index is 0.108. The van der Waals surface area contributed by atoms with E-state index in [-0.39, 0.29) is 22.5 Å². The molecule has 4 nitrogen and oxygen atoms in total. The SMILES string of the molecule is CC1Cc2ccccc2N1c1ccc(CCl)cc1[N+](=O)[O-]. The zero-order chi connectivity index (χ0) is 15.0. The van der Waals surface area contributed by atoms with Gasteiger partial charge >= 0.3 is 0 Å². The van der Waals surface area contributed by atoms with Crippen molar-refractivity contribution in [1.29, 1.82) is 0 Å². The highest BCUT2D eigenvalue weighted by Crippen LogP contribution is 2.42. The van der Waals surface area contributed by atoms with E-state index in [4.69, 9.17) is 11.6 Å². The first kappa shape index (κ1) is 13.9. The molecule has 108 valence electrons. The third kappa shape index (κ3) is 2.36. The van der Waals surface area contributed by atoms with Crippen molar-refractivity contribution >= 4 is 28.7 Å². The van der Waals surface area contributed by atoms with Gasteiger partial charge in [-0.15, -0.1) is 11.6 Å². The molecule has 0 aliphatic carbocycles. The number of anilines is 2. The normalized spacial score (nSPS) is 16.9. The maximum Gasteiger partial charge on any atom is 0.293 e. The summed E-state index contributed by atoms with van der Waals surface area (Å²) in [6.45, 7) is 2.08. The number of para-hydroxylation sites is 1. The van der Waals surface area contributed by atoms with Crippen molar-refractivity contribution in [3.8, 4) is 0 Å². The molecule has 1 atom stereocenters. The van der Waals surface area contributed by atoms with Gasteiger partial charge in [0.1, 0.15) is 5.69 Å². The highest BCUT2D eigenvalue weighted by atomic mass is 35.5. The molecular weight excluding hydrogens is 288 g/mol. The second kappa shape index (κ2) is 5.37. The lowest BCUT2D eigenvalue weighted by atomic mass is 10.1. The number of benzene rings is 2. The number of rotatable bonds is 3. The molecule has 0 spiro atoms. The maximum absolute atomic E-state index is 11.4. The third-order valence-corrected chi connectivity index (χ3v) is 4.17. The van der Waals surface area contributed by atoms with Crippen LogP contribution in [0, 0.1) is 10.1 Å². The Bertz CT molecular complexity index is 702. The van der Waals surface area contributed by atoms with E-state index >= 15 is 0 Å². The highest BCUT2D eigenvalue weighted by Gasteiger charge is 2.31. The smallest absolute Gasteiger partial charge is 0.293 e. The van der Waals surface area contributed by atoms with Gasteiger partial charge in [-0.05, 0) is 36.6 Å². The van der Waals surface area contributed by atoms with Crippen molar-refractivity contribution in [2.75, 3.05) is 4.90 Å². The lowest BCUT2D eigenvalue weighted by molar-refractivity contribution is -0.384. The lowest BCUT2D eigenvalue weighted by Crippen LogP contribution is -2.24. The van der Waals surface area contributed by atoms with Gasteiger partial charge in [-0.25, -0.2) is 0 Å². The summed E-state index contributed by atoms with van der Waals surface area (Å²) in [5.41, 5.74) is 3.77. The van der Waals surface area contributed by atoms with Gasteiger partial charge < -0.3 is 4.90 Å². The summed E-state index contributed by atoms with van der Waals surface area (Å²) >= 11 is 5.79. The zero-order valence-corrected chi connectivity index (χ0v) is 12.4. The molecule has 0 saturated heterocycles. The first-order chi connectivity index (χ1) is 10.1. The molecule has 0 saturated carbocycles. The molecule has 0 bridgehead atoms. The molecule has 0 radical (unpaired) electrons. The summed E-state index contributed by atoms with van der Waals surface area (Å²) in [6.07, 6.45) is 0.893. The van der Waals surface area contributed by atoms with E-state index in [1.807, 2.05) is 29.2 Å². The van der Waals surface area contributed by atoms with Crippen LogP contribution in [0.2, 0.25) is 0 Å². The second-order valence-electron chi connectivity index (χ2n) is 5.27. The molecule has 21 heavy (non-hydrogen) atoms. The number of hydrogen-bond acceptors (Lipinski definition) is 3. The van der Waals surface area contributed by atoms with Gasteiger partial charge in [0, 0.05) is 23.7 Å². The molecule has 2 aromatic carbocycles. The third-order valence-electron chi connectivity index (χ3n) is 3.86. The van der Waals surface area contributed by atoms with E-state index in [9.17, 15) is 10.1 Å². The molecule has 2 aromatic rings. The van der Waals surface area contributed by atoms with Gasteiger partial charge in [-0.3, -0.25) is 10.1 Å². The first-order valence-electron chi connectivity index (χ1n) is 6.82. The minimum atomic E-state index is -0.334. The van der Waals surface area contributed by atoms with E-state index < -0.39 is 0 Å². The number of nitro groups is 1. The summed E-state index contributed by atoms with van der Waals surface area (Å²) in [4.78, 5) is 13.1. The molecule has 0 amide bonds. The van der Waals surface area contributed by atoms with Crippen molar-refractivity contribution in [2.24, 2.45) is 0 Å². The number of halogens is 1. The number of nitro benzene ring substituents is 1. The Kier molecular flexibility index (Phi) is 3.55. The summed E-state index contributed by atoms with van der Waals surface area (Å²) in [5, 5.41) is 11.4. The molecule has 1 aliphatic rings. The fourth-order valence-corrected chi connectivity index (χ4v) is 3.10. The second-order valence-corrected chi connectivity index (χ2v) is 5.53. The molecule has 0 fully saturated rings. The number of nitrogens with zero attached hydrogens (tertiary/aromatic N) is 2. The topological polar surface area (TPSA) is 46.4 Å². The lowest BCUT2D eigenvalue weighted by Gasteiger charge is -2.24. The fourth-order valence-electron chi connectivity index (χ4n) is 2.93. The Morgan fingerprint density at radius 2 is 2.05 bits per heavy atom. The Morgan fingerprint density at radius 3 is 2.76 bits per heavy atom. The summed E-state index contributed by atoms with van der Waals surface area (Å²) in [6, 6.07) is 13.5. The molecule has 0 N–H and O–H groups in total. The summed E-state index contributed by atoms with van der Waals surface area (Å²) in [5.74, 6) is 0.271. The van der Waals surface area contributed by atoms with Crippen molar-refractivity contribution in [2.45, 2.75) is 25.3 Å². The van der Waals surface area contributed by atoms with Crippen molar-refractivity contribution < 1.29 is 4.92 Å². The van der Waals surface area contributed by atoms with Crippen LogP contribution in [-0.2, 0) is 12.3 Å². The van der Waals surface area contributed by atoms with Crippen LogP contribution in [-0.4, -0.2) is 11.0 Å². The standard InChI is InChI=1S/C16H15ClN2O2/c1-11-8-13-4-2-3-5-14(13)18(11)15-7-6-12(10-17)9-16(15)19(20)21/h2-7,9,11H,8,10H2,1H3. The van der Waals surface area contributed by atoms with Crippen LogP contribution >= 0.6 is 11.6 Å². The van der Waals surface area contributed by atoms with Crippen LogP contribution < -0.4 is 4.90 Å². The zero-order valence-electron chi connectivity index (χ0n) is 11.6. The van der Waals surface area contributed by atoms with Crippen molar-refractivity contribution in [1.82, 2.24) is 0 Å². The number of hydrogen-bond donors (Lipinski definition) is 0. The highest BCUT2D eigenvalue weighted by molar-refractivity contribution is 6.17. The quantitative estimate of drug-likeness (QED) is 0.479. The molecule has 5 heteroatoms. The number of fused-ring (bicyclic) bond motifs is 1. The average Bonchev–Trinajstić information content (AvgIpc) is 2.82. The van der Waals surface area contributed by atoms with Gasteiger partial charge in [0.05, 0.1) is 4.92 Å². The van der Waals surface area contributed by atoms with Crippen LogP contribution in [0.5, 0.6) is 0 Å². The van der Waals surface area contributed by atoms with E-state index in [0.29, 0.717) is 5.69 Å². The summed E-state index contributed by atoms with van der Waals surface area (Å²) < 4.78 is 0. The van der Waals surface area contributed by atoms with Crippen molar-refractivity contribution in [3.05, 3.63) is 63.7 Å². The van der Waals surface area contributed by atoms with Crippen LogP contribution in [0.3, 0.4) is 0 Å². The average molecular weight is 303 g/mol. The monoisotopic (exact) mass is 302 g/mol. The van der Waals surface area contributed by atoms with E-state index in [0.717, 1.165) is 17.7 Å². The maximum atomic E-state index is 11.4. The Morgan fingerprint density at radius 1 is 1.29 bits per heavy atom. The Hall–Kier alpha value is -2.07. The Balaban J connectivity index is 2.14. The number of alkyl halides is 1. The largest absolute Gasteiger partial charge is 0.332 e. The van der Waals surface area contributed by atoms with Gasteiger partial charge in [0.15, 0.2) is 0 Å². The molecular formula is C16H15ClN2O2. The molecule has 0 aromatic heterocycles. The van der Waals surface area contributed by atoms with Crippen LogP contribution in [0.15, 0.2) is 42.5 Å². The molecule has 1 aliphatic heterocycles. The van der Waals surface area contributed by atoms with Gasteiger partial charge in [-0.2, -0.15) is 0 Å². The fraction of sp³-hybridized carbons (Fsp3) is 0.250. The van der Waals surface area contributed by atoms with Crippen LogP contribution in [0.4, 0.5) is 17.1 Å².